The number of carbonyl (C=O) groups is 2. The Balaban J connectivity index is 1.70. The molecule has 0 unspecified atom stereocenters. The van der Waals surface area contributed by atoms with E-state index in [2.05, 4.69) is 10.6 Å². The lowest BCUT2D eigenvalue weighted by atomic mass is 10.1. The van der Waals surface area contributed by atoms with Gasteiger partial charge in [-0.25, -0.2) is 0 Å². The second-order valence-corrected chi connectivity index (χ2v) is 5.34. The van der Waals surface area contributed by atoms with Crippen molar-refractivity contribution in [1.29, 1.82) is 0 Å². The molecule has 6 heteroatoms. The molecule has 0 spiro atoms. The highest BCUT2D eigenvalue weighted by atomic mass is 32.1. The van der Waals surface area contributed by atoms with Crippen LogP contribution in [0.25, 0.3) is 0 Å². The number of hydrogen-bond acceptors (Lipinski definition) is 4. The standard InChI is InChI=1S/C14H12N2O3S/c17-13-8-19-12-6-9(3-4-11(12)16-13)14(18)15-7-10-2-1-5-20-10/h1-6H,7-8H2,(H,15,18)(H,16,17). The van der Waals surface area contributed by atoms with Crippen LogP contribution in [-0.4, -0.2) is 18.4 Å². The molecule has 0 fully saturated rings. The Labute approximate surface area is 119 Å². The Morgan fingerprint density at radius 1 is 1.40 bits per heavy atom. The highest BCUT2D eigenvalue weighted by Crippen LogP contribution is 2.28. The summed E-state index contributed by atoms with van der Waals surface area (Å²) >= 11 is 1.60. The fraction of sp³-hybridized carbons (Fsp3) is 0.143. The molecule has 5 nitrogen and oxygen atoms in total. The maximum Gasteiger partial charge on any atom is 0.262 e. The maximum atomic E-state index is 12.0. The average molecular weight is 288 g/mol. The van der Waals surface area contributed by atoms with Crippen LogP contribution >= 0.6 is 11.3 Å². The number of amides is 2. The number of carbonyl (C=O) groups excluding carboxylic acids is 2. The molecular formula is C14H12N2O3S. The van der Waals surface area contributed by atoms with Gasteiger partial charge in [0.1, 0.15) is 5.75 Å². The first-order chi connectivity index (χ1) is 9.72. The molecule has 1 aliphatic rings. The van der Waals surface area contributed by atoms with Crippen molar-refractivity contribution in [3.05, 3.63) is 46.2 Å². The largest absolute Gasteiger partial charge is 0.482 e. The zero-order valence-electron chi connectivity index (χ0n) is 10.5. The highest BCUT2D eigenvalue weighted by molar-refractivity contribution is 7.09. The molecule has 1 aromatic heterocycles. The van der Waals surface area contributed by atoms with Crippen LogP contribution in [0.2, 0.25) is 0 Å². The molecule has 0 atom stereocenters. The third-order valence-electron chi connectivity index (χ3n) is 2.88. The van der Waals surface area contributed by atoms with E-state index < -0.39 is 0 Å². The quantitative estimate of drug-likeness (QED) is 0.908. The second-order valence-electron chi connectivity index (χ2n) is 4.31. The van der Waals surface area contributed by atoms with E-state index in [1.54, 1.807) is 29.5 Å². The predicted octanol–water partition coefficient (Wildman–Crippen LogP) is 2.01. The SMILES string of the molecule is O=C1COc2cc(C(=O)NCc3cccs3)ccc2N1. The number of ether oxygens (including phenoxy) is 1. The fourth-order valence-corrected chi connectivity index (χ4v) is 2.54. The summed E-state index contributed by atoms with van der Waals surface area (Å²) in [6.45, 7) is 0.485. The molecule has 2 N–H and O–H groups in total. The number of benzene rings is 1. The minimum absolute atomic E-state index is 0.0206. The van der Waals surface area contributed by atoms with Gasteiger partial charge in [0.05, 0.1) is 12.2 Å². The normalized spacial score (nSPS) is 13.1. The molecule has 102 valence electrons. The monoisotopic (exact) mass is 288 g/mol. The summed E-state index contributed by atoms with van der Waals surface area (Å²) in [5, 5.41) is 7.50. The van der Waals surface area contributed by atoms with Crippen molar-refractivity contribution < 1.29 is 14.3 Å². The Morgan fingerprint density at radius 3 is 3.10 bits per heavy atom. The minimum atomic E-state index is -0.188. The van der Waals surface area contributed by atoms with Gasteiger partial charge in [-0.3, -0.25) is 9.59 Å². The summed E-state index contributed by atoms with van der Waals surface area (Å²) in [5.74, 6) is 0.169. The van der Waals surface area contributed by atoms with Crippen molar-refractivity contribution in [2.24, 2.45) is 0 Å². The molecule has 0 saturated carbocycles. The maximum absolute atomic E-state index is 12.0. The Kier molecular flexibility index (Phi) is 3.39. The van der Waals surface area contributed by atoms with Crippen LogP contribution in [0.5, 0.6) is 5.75 Å². The van der Waals surface area contributed by atoms with Crippen LogP contribution in [-0.2, 0) is 11.3 Å². The lowest BCUT2D eigenvalue weighted by molar-refractivity contribution is -0.118. The van der Waals surface area contributed by atoms with Crippen molar-refractivity contribution in [3.8, 4) is 5.75 Å². The molecule has 2 aromatic rings. The van der Waals surface area contributed by atoms with Crippen molar-refractivity contribution in [2.45, 2.75) is 6.54 Å². The fourth-order valence-electron chi connectivity index (χ4n) is 1.90. The Hall–Kier alpha value is -2.34. The Morgan fingerprint density at radius 2 is 2.30 bits per heavy atom. The van der Waals surface area contributed by atoms with E-state index in [-0.39, 0.29) is 18.4 Å². The van der Waals surface area contributed by atoms with Gasteiger partial charge >= 0.3 is 0 Å². The van der Waals surface area contributed by atoms with Gasteiger partial charge in [-0.2, -0.15) is 0 Å². The van der Waals surface area contributed by atoms with Crippen molar-refractivity contribution in [3.63, 3.8) is 0 Å². The predicted molar refractivity (Wildman–Crippen MR) is 76.1 cm³/mol. The average Bonchev–Trinajstić information content (AvgIpc) is 2.97. The number of hydrogen-bond donors (Lipinski definition) is 2. The van der Waals surface area contributed by atoms with Crippen LogP contribution < -0.4 is 15.4 Å². The third kappa shape index (κ3) is 2.65. The molecule has 0 bridgehead atoms. The van der Waals surface area contributed by atoms with E-state index in [9.17, 15) is 9.59 Å². The lowest BCUT2D eigenvalue weighted by Crippen LogP contribution is -2.26. The van der Waals surface area contributed by atoms with Gasteiger partial charge in [0.2, 0.25) is 0 Å². The highest BCUT2D eigenvalue weighted by Gasteiger charge is 2.17. The number of rotatable bonds is 3. The van der Waals surface area contributed by atoms with Gasteiger partial charge < -0.3 is 15.4 Å². The summed E-state index contributed by atoms with van der Waals surface area (Å²) in [7, 11) is 0. The van der Waals surface area contributed by atoms with E-state index in [4.69, 9.17) is 4.74 Å². The van der Waals surface area contributed by atoms with E-state index in [0.717, 1.165) is 4.88 Å². The molecular weight excluding hydrogens is 276 g/mol. The number of fused-ring (bicyclic) bond motifs is 1. The number of nitrogens with one attached hydrogen (secondary N) is 2. The summed E-state index contributed by atoms with van der Waals surface area (Å²) in [6, 6.07) is 8.89. The number of anilines is 1. The van der Waals surface area contributed by atoms with Crippen LogP contribution in [0, 0.1) is 0 Å². The molecule has 0 saturated heterocycles. The molecule has 1 aliphatic heterocycles. The smallest absolute Gasteiger partial charge is 0.262 e. The lowest BCUT2D eigenvalue weighted by Gasteiger charge is -2.18. The first-order valence-corrected chi connectivity index (χ1v) is 6.97. The van der Waals surface area contributed by atoms with Gasteiger partial charge in [0.15, 0.2) is 6.61 Å². The van der Waals surface area contributed by atoms with Gasteiger partial charge in [-0.05, 0) is 29.6 Å². The van der Waals surface area contributed by atoms with E-state index in [1.807, 2.05) is 17.5 Å². The molecule has 20 heavy (non-hydrogen) atoms. The zero-order chi connectivity index (χ0) is 13.9. The summed E-state index contributed by atoms with van der Waals surface area (Å²) in [6.07, 6.45) is 0. The van der Waals surface area contributed by atoms with Gasteiger partial charge in [-0.15, -0.1) is 11.3 Å². The molecule has 1 aromatic carbocycles. The van der Waals surface area contributed by atoms with Crippen LogP contribution in [0.1, 0.15) is 15.2 Å². The van der Waals surface area contributed by atoms with Crippen molar-refractivity contribution in [1.82, 2.24) is 5.32 Å². The minimum Gasteiger partial charge on any atom is -0.482 e. The second kappa shape index (κ2) is 5.34. The van der Waals surface area contributed by atoms with Gasteiger partial charge in [0, 0.05) is 10.4 Å². The third-order valence-corrected chi connectivity index (χ3v) is 3.76. The summed E-state index contributed by atoms with van der Waals surface area (Å²) < 4.78 is 5.29. The molecule has 2 amide bonds. The topological polar surface area (TPSA) is 67.4 Å². The summed E-state index contributed by atoms with van der Waals surface area (Å²) in [4.78, 5) is 24.3. The zero-order valence-corrected chi connectivity index (χ0v) is 11.3. The first-order valence-electron chi connectivity index (χ1n) is 6.09. The molecule has 0 aliphatic carbocycles. The van der Waals surface area contributed by atoms with E-state index in [0.29, 0.717) is 23.5 Å². The number of thiophene rings is 1. The van der Waals surface area contributed by atoms with Gasteiger partial charge in [0.25, 0.3) is 11.8 Å². The van der Waals surface area contributed by atoms with Crippen molar-refractivity contribution >= 4 is 28.8 Å². The van der Waals surface area contributed by atoms with Crippen molar-refractivity contribution in [2.75, 3.05) is 11.9 Å². The van der Waals surface area contributed by atoms with E-state index in [1.165, 1.54) is 0 Å². The first kappa shape index (κ1) is 12.7. The molecule has 3 rings (SSSR count). The van der Waals surface area contributed by atoms with E-state index >= 15 is 0 Å². The Bertz CT molecular complexity index is 652. The van der Waals surface area contributed by atoms with Gasteiger partial charge in [-0.1, -0.05) is 6.07 Å². The van der Waals surface area contributed by atoms with Crippen LogP contribution in [0.3, 0.4) is 0 Å². The molecule has 2 heterocycles. The molecule has 0 radical (unpaired) electrons. The summed E-state index contributed by atoms with van der Waals surface area (Å²) in [5.41, 5.74) is 1.10. The van der Waals surface area contributed by atoms with Crippen LogP contribution in [0.15, 0.2) is 35.7 Å². The van der Waals surface area contributed by atoms with Crippen LogP contribution in [0.4, 0.5) is 5.69 Å².